The molecule has 0 aliphatic rings. The Hall–Kier alpha value is -2.74. The third-order valence-electron chi connectivity index (χ3n) is 3.71. The Bertz CT molecular complexity index is 862. The van der Waals surface area contributed by atoms with Gasteiger partial charge in [-0.2, -0.15) is 0 Å². The highest BCUT2D eigenvalue weighted by Gasteiger charge is 2.10. The zero-order chi connectivity index (χ0) is 15.5. The first kappa shape index (κ1) is 14.2. The van der Waals surface area contributed by atoms with E-state index in [1.54, 1.807) is 6.08 Å². The smallest absolute Gasteiger partial charge is 0.0969 e. The van der Waals surface area contributed by atoms with Crippen LogP contribution in [-0.2, 0) is 0 Å². The van der Waals surface area contributed by atoms with Gasteiger partial charge in [-0.3, -0.25) is 0 Å². The van der Waals surface area contributed by atoms with Crippen LogP contribution in [0.15, 0.2) is 61.2 Å². The molecule has 0 radical (unpaired) electrons. The van der Waals surface area contributed by atoms with Gasteiger partial charge in [-0.1, -0.05) is 61.2 Å². The molecule has 22 heavy (non-hydrogen) atoms. The molecule has 0 fully saturated rings. The Balaban J connectivity index is 2.31. The van der Waals surface area contributed by atoms with Crippen molar-refractivity contribution in [3.63, 3.8) is 0 Å². The molecular formula is C20H18N2. The number of hydrogen-bond acceptors (Lipinski definition) is 2. The lowest BCUT2D eigenvalue weighted by molar-refractivity contribution is 1.18. The fraction of sp³-hybridized carbons (Fsp3) is 0.100. The van der Waals surface area contributed by atoms with Gasteiger partial charge in [0.15, 0.2) is 0 Å². The molecule has 3 rings (SSSR count). The maximum absolute atomic E-state index is 4.91. The maximum atomic E-state index is 4.91. The van der Waals surface area contributed by atoms with Crippen LogP contribution in [0.1, 0.15) is 16.8 Å². The first-order valence-corrected chi connectivity index (χ1v) is 7.33. The lowest BCUT2D eigenvalue weighted by Crippen LogP contribution is -1.97. The lowest BCUT2D eigenvalue weighted by atomic mass is 10.0. The van der Waals surface area contributed by atoms with E-state index in [4.69, 9.17) is 9.97 Å². The third-order valence-corrected chi connectivity index (χ3v) is 3.71. The van der Waals surface area contributed by atoms with Gasteiger partial charge in [0.05, 0.1) is 22.4 Å². The van der Waals surface area contributed by atoms with Gasteiger partial charge in [0, 0.05) is 11.1 Å². The number of benzene rings is 2. The summed E-state index contributed by atoms with van der Waals surface area (Å²) in [6.07, 6.45) is 5.76. The van der Waals surface area contributed by atoms with E-state index in [9.17, 15) is 0 Å². The summed E-state index contributed by atoms with van der Waals surface area (Å²) in [4.78, 5) is 9.65. The average Bonchev–Trinajstić information content (AvgIpc) is 2.54. The lowest BCUT2D eigenvalue weighted by Gasteiger charge is -2.10. The molecule has 0 saturated carbocycles. The van der Waals surface area contributed by atoms with Crippen molar-refractivity contribution >= 4 is 17.1 Å². The summed E-state index contributed by atoms with van der Waals surface area (Å²) in [6.45, 7) is 7.84. The quantitative estimate of drug-likeness (QED) is 0.625. The molecule has 0 bridgehead atoms. The van der Waals surface area contributed by atoms with Crippen molar-refractivity contribution in [2.24, 2.45) is 0 Å². The molecule has 1 aromatic heterocycles. The zero-order valence-corrected chi connectivity index (χ0v) is 12.9. The Morgan fingerprint density at radius 3 is 2.45 bits per heavy atom. The van der Waals surface area contributed by atoms with Crippen molar-refractivity contribution in [2.75, 3.05) is 0 Å². The summed E-state index contributed by atoms with van der Waals surface area (Å²) in [5.41, 5.74) is 7.11. The number of hydrogen-bond donors (Lipinski definition) is 0. The van der Waals surface area contributed by atoms with Crippen molar-refractivity contribution in [2.45, 2.75) is 13.8 Å². The molecule has 0 aliphatic carbocycles. The first-order valence-electron chi connectivity index (χ1n) is 7.33. The number of rotatable bonds is 3. The summed E-state index contributed by atoms with van der Waals surface area (Å²) < 4.78 is 0. The van der Waals surface area contributed by atoms with Crippen molar-refractivity contribution in [3.8, 4) is 11.3 Å². The number of nitrogens with zero attached hydrogens (tertiary/aromatic N) is 2. The molecule has 0 N–H and O–H groups in total. The van der Waals surface area contributed by atoms with E-state index in [2.05, 4.69) is 31.7 Å². The van der Waals surface area contributed by atoms with Gasteiger partial charge in [-0.05, 0) is 25.5 Å². The van der Waals surface area contributed by atoms with Gasteiger partial charge in [0.2, 0.25) is 0 Å². The molecule has 2 nitrogen and oxygen atoms in total. The van der Waals surface area contributed by atoms with Crippen LogP contribution in [0.25, 0.3) is 28.4 Å². The van der Waals surface area contributed by atoms with Crippen molar-refractivity contribution in [1.29, 1.82) is 0 Å². The summed E-state index contributed by atoms with van der Waals surface area (Å²) in [5, 5.41) is 0. The number of fused-ring (bicyclic) bond motifs is 1. The van der Waals surface area contributed by atoms with Crippen molar-refractivity contribution < 1.29 is 0 Å². The van der Waals surface area contributed by atoms with Crippen LogP contribution in [0, 0.1) is 13.8 Å². The number of aromatic nitrogens is 2. The summed E-state index contributed by atoms with van der Waals surface area (Å²) in [5.74, 6) is 0. The van der Waals surface area contributed by atoms with Crippen LogP contribution in [0.2, 0.25) is 0 Å². The minimum atomic E-state index is 0.923. The molecular weight excluding hydrogens is 268 g/mol. The van der Waals surface area contributed by atoms with E-state index in [1.807, 2.05) is 43.3 Å². The molecule has 108 valence electrons. The highest BCUT2D eigenvalue weighted by molar-refractivity contribution is 5.88. The van der Waals surface area contributed by atoms with Gasteiger partial charge in [0.25, 0.3) is 0 Å². The fourth-order valence-electron chi connectivity index (χ4n) is 2.58. The van der Waals surface area contributed by atoms with Crippen molar-refractivity contribution in [1.82, 2.24) is 9.97 Å². The standard InChI is InChI=1S/C20H18N2/c1-4-5-11-17-14(2)12-13-18-20(17)22-19(15(3)21-18)16-9-7-6-8-10-16/h4-13H,1H2,2-3H3/b11-5-. The third kappa shape index (κ3) is 2.56. The largest absolute Gasteiger partial charge is 0.249 e. The average molecular weight is 286 g/mol. The normalized spacial score (nSPS) is 11.2. The minimum absolute atomic E-state index is 0.923. The van der Waals surface area contributed by atoms with E-state index in [1.165, 1.54) is 5.56 Å². The predicted molar refractivity (Wildman–Crippen MR) is 93.7 cm³/mol. The summed E-state index contributed by atoms with van der Waals surface area (Å²) in [7, 11) is 0. The second-order valence-electron chi connectivity index (χ2n) is 5.28. The van der Waals surface area contributed by atoms with E-state index in [0.29, 0.717) is 0 Å². The molecule has 2 heteroatoms. The fourth-order valence-corrected chi connectivity index (χ4v) is 2.58. The second-order valence-corrected chi connectivity index (χ2v) is 5.28. The van der Waals surface area contributed by atoms with Crippen molar-refractivity contribution in [3.05, 3.63) is 78.0 Å². The first-order chi connectivity index (χ1) is 10.7. The maximum Gasteiger partial charge on any atom is 0.0969 e. The second kappa shape index (κ2) is 5.94. The Labute approximate surface area is 130 Å². The highest BCUT2D eigenvalue weighted by Crippen LogP contribution is 2.26. The molecule has 3 aromatic rings. The van der Waals surface area contributed by atoms with Crippen LogP contribution >= 0.6 is 0 Å². The van der Waals surface area contributed by atoms with E-state index >= 15 is 0 Å². The Morgan fingerprint density at radius 2 is 1.73 bits per heavy atom. The summed E-state index contributed by atoms with van der Waals surface area (Å²) in [6, 6.07) is 14.3. The molecule has 2 aromatic carbocycles. The molecule has 0 unspecified atom stereocenters. The highest BCUT2D eigenvalue weighted by atomic mass is 14.8. The van der Waals surface area contributed by atoms with E-state index < -0.39 is 0 Å². The summed E-state index contributed by atoms with van der Waals surface area (Å²) >= 11 is 0. The van der Waals surface area contributed by atoms with Crippen LogP contribution < -0.4 is 0 Å². The molecule has 0 saturated heterocycles. The monoisotopic (exact) mass is 286 g/mol. The van der Waals surface area contributed by atoms with Crippen LogP contribution in [0.4, 0.5) is 0 Å². The minimum Gasteiger partial charge on any atom is -0.249 e. The molecule has 0 atom stereocenters. The zero-order valence-electron chi connectivity index (χ0n) is 12.9. The Kier molecular flexibility index (Phi) is 3.84. The number of allylic oxidation sites excluding steroid dienone is 2. The van der Waals surface area contributed by atoms with Crippen LogP contribution in [0.5, 0.6) is 0 Å². The van der Waals surface area contributed by atoms with E-state index in [-0.39, 0.29) is 0 Å². The predicted octanol–water partition coefficient (Wildman–Crippen LogP) is 5.11. The van der Waals surface area contributed by atoms with Crippen LogP contribution in [0.3, 0.4) is 0 Å². The molecule has 0 spiro atoms. The molecule has 0 aliphatic heterocycles. The van der Waals surface area contributed by atoms with Gasteiger partial charge in [-0.25, -0.2) is 9.97 Å². The Morgan fingerprint density at radius 1 is 0.955 bits per heavy atom. The van der Waals surface area contributed by atoms with Crippen LogP contribution in [-0.4, -0.2) is 9.97 Å². The molecule has 0 amide bonds. The van der Waals surface area contributed by atoms with Gasteiger partial charge in [-0.15, -0.1) is 0 Å². The molecule has 1 heterocycles. The SMILES string of the molecule is C=C/C=C\c1c(C)ccc2nc(C)c(-c3ccccc3)nc12. The number of aryl methyl sites for hydroxylation is 2. The van der Waals surface area contributed by atoms with Gasteiger partial charge >= 0.3 is 0 Å². The van der Waals surface area contributed by atoms with Gasteiger partial charge < -0.3 is 0 Å². The van der Waals surface area contributed by atoms with Gasteiger partial charge in [0.1, 0.15) is 0 Å². The topological polar surface area (TPSA) is 25.8 Å². The van der Waals surface area contributed by atoms with E-state index in [0.717, 1.165) is 33.5 Å².